The molecule has 0 atom stereocenters. The molecule has 0 saturated heterocycles. The Morgan fingerprint density at radius 1 is 1.00 bits per heavy atom. The first-order chi connectivity index (χ1) is 2.64. The second-order valence-electron chi connectivity index (χ2n) is 0.575. The van der Waals surface area contributed by atoms with Gasteiger partial charge in [-0.2, -0.15) is 0 Å². The van der Waals surface area contributed by atoms with Gasteiger partial charge in [0.2, 0.25) is 0 Å². The molecule has 0 rings (SSSR count). The summed E-state index contributed by atoms with van der Waals surface area (Å²) in [5.74, 6) is -4.37. The molecule has 0 aliphatic carbocycles. The summed E-state index contributed by atoms with van der Waals surface area (Å²) in [5.41, 5.74) is 0. The number of carboxylic acids is 2. The van der Waals surface area contributed by atoms with Crippen LogP contribution in [0.15, 0.2) is 0 Å². The van der Waals surface area contributed by atoms with Gasteiger partial charge in [-0.05, 0) is 0 Å². The third kappa shape index (κ3) is 9.68. The molecule has 4 nitrogen and oxygen atoms in total. The van der Waals surface area contributed by atoms with Crippen LogP contribution in [0.3, 0.4) is 0 Å². The molecule has 0 saturated carbocycles. The fourth-order valence-electron chi connectivity index (χ4n) is 0. The predicted octanol–water partition coefficient (Wildman–Crippen LogP) is -6.51. The summed E-state index contributed by atoms with van der Waals surface area (Å²) in [4.78, 5) is 17.9. The molecule has 0 fully saturated rings. The van der Waals surface area contributed by atoms with E-state index in [0.717, 1.165) is 0 Å². The first-order valence-corrected chi connectivity index (χ1v) is 1.07. The fraction of sp³-hybridized carbons (Fsp3) is 0. The van der Waals surface area contributed by atoms with E-state index < -0.39 is 11.9 Å². The maximum absolute atomic E-state index is 8.93. The van der Waals surface area contributed by atoms with E-state index in [2.05, 4.69) is 0 Å². The largest absolute Gasteiger partial charge is 2.00 e. The summed E-state index contributed by atoms with van der Waals surface area (Å²) in [6.45, 7) is 0. The molecular weight excluding hydrogens is 167 g/mol. The second-order valence-corrected chi connectivity index (χ2v) is 0.575. The fourth-order valence-corrected chi connectivity index (χ4v) is 0. The van der Waals surface area contributed by atoms with Crippen LogP contribution >= 0.6 is 0 Å². The molecule has 0 aromatic heterocycles. The molecule has 0 aromatic rings. The van der Waals surface area contributed by atoms with Gasteiger partial charge in [-0.1, -0.05) is 0 Å². The van der Waals surface area contributed by atoms with Crippen molar-refractivity contribution in [1.82, 2.24) is 0 Å². The molecule has 0 unspecified atom stereocenters. The minimum Gasteiger partial charge on any atom is -0.543 e. The Morgan fingerprint density at radius 2 is 1.12 bits per heavy atom. The van der Waals surface area contributed by atoms with Gasteiger partial charge in [0.15, 0.2) is 0 Å². The summed E-state index contributed by atoms with van der Waals surface area (Å²) in [7, 11) is 0. The van der Waals surface area contributed by atoms with Crippen molar-refractivity contribution in [2.24, 2.45) is 0 Å². The van der Waals surface area contributed by atoms with Crippen LogP contribution in [-0.2, 0) is 26.7 Å². The van der Waals surface area contributed by atoms with Crippen LogP contribution in [0.4, 0.5) is 0 Å². The van der Waals surface area contributed by atoms with E-state index in [1.807, 2.05) is 0 Å². The summed E-state index contributed by atoms with van der Waals surface area (Å²) in [6.07, 6.45) is 0. The predicted molar refractivity (Wildman–Crippen MR) is 10.0 cm³/mol. The normalized spacial score (nSPS) is 5.50. The maximum Gasteiger partial charge on any atom is 2.00 e. The van der Waals surface area contributed by atoms with Gasteiger partial charge < -0.3 is 19.8 Å². The van der Waals surface area contributed by atoms with Gasteiger partial charge >= 0.3 is 46.6 Å². The van der Waals surface area contributed by atoms with Crippen LogP contribution in [0.25, 0.3) is 0 Å². The molecule has 0 aliphatic heterocycles. The zero-order valence-corrected chi connectivity index (χ0v) is 7.09. The zero-order chi connectivity index (χ0) is 5.15. The standard InChI is InChI=1S/C2H2O4.Fe.Na/c3-1(4)2(5)6;;/h(H,3,4)(H,5,6);;/q;+2;+1/p-2. The Hall–Kier alpha value is 0.459. The number of carbonyl (C=O) groups excluding carboxylic acids is 2. The Morgan fingerprint density at radius 3 is 1.12 bits per heavy atom. The van der Waals surface area contributed by atoms with E-state index in [4.69, 9.17) is 19.8 Å². The number of aliphatic carboxylic acids is 2. The molecule has 0 N–H and O–H groups in total. The van der Waals surface area contributed by atoms with Crippen molar-refractivity contribution in [3.8, 4) is 0 Å². The number of carbonyl (C=O) groups is 2. The molecule has 0 bridgehead atoms. The Balaban J connectivity index is -0.000000125. The van der Waals surface area contributed by atoms with E-state index in [0.29, 0.717) is 0 Å². The van der Waals surface area contributed by atoms with Gasteiger partial charge in [0.1, 0.15) is 0 Å². The molecule has 0 aliphatic rings. The average Bonchev–Trinajstić information content (AvgIpc) is 1.36. The number of hydrogen-bond acceptors (Lipinski definition) is 4. The van der Waals surface area contributed by atoms with Crippen LogP contribution in [0.2, 0.25) is 0 Å². The van der Waals surface area contributed by atoms with E-state index in [-0.39, 0.29) is 46.6 Å². The van der Waals surface area contributed by atoms with Crippen molar-refractivity contribution >= 4 is 11.9 Å². The molecule has 40 valence electrons. The van der Waals surface area contributed by atoms with Gasteiger partial charge in [-0.15, -0.1) is 0 Å². The third-order valence-corrected chi connectivity index (χ3v) is 0.167. The van der Waals surface area contributed by atoms with Gasteiger partial charge in [-0.25, -0.2) is 0 Å². The molecule has 8 heavy (non-hydrogen) atoms. The van der Waals surface area contributed by atoms with Gasteiger partial charge in [0.05, 0.1) is 11.9 Å². The van der Waals surface area contributed by atoms with Crippen LogP contribution in [-0.4, -0.2) is 11.9 Å². The van der Waals surface area contributed by atoms with Crippen molar-refractivity contribution in [2.45, 2.75) is 0 Å². The number of hydrogen-bond donors (Lipinski definition) is 0. The first-order valence-electron chi connectivity index (χ1n) is 1.07. The Labute approximate surface area is 78.0 Å². The van der Waals surface area contributed by atoms with Crippen LogP contribution in [0, 0.1) is 0 Å². The molecule has 6 heteroatoms. The smallest absolute Gasteiger partial charge is 0.543 e. The molecular formula is C2FeNaO4+. The number of carboxylic acid groups (broad SMARTS) is 2. The quantitative estimate of drug-likeness (QED) is 0.265. The van der Waals surface area contributed by atoms with E-state index in [9.17, 15) is 0 Å². The summed E-state index contributed by atoms with van der Waals surface area (Å²) in [6, 6.07) is 0. The van der Waals surface area contributed by atoms with Crippen molar-refractivity contribution in [3.05, 3.63) is 0 Å². The van der Waals surface area contributed by atoms with Gasteiger partial charge in [0, 0.05) is 0 Å². The minimum atomic E-state index is -2.19. The third-order valence-electron chi connectivity index (χ3n) is 0.167. The summed E-state index contributed by atoms with van der Waals surface area (Å²) >= 11 is 0. The van der Waals surface area contributed by atoms with Gasteiger partial charge in [0.25, 0.3) is 0 Å². The summed E-state index contributed by atoms with van der Waals surface area (Å²) in [5, 5.41) is 17.9. The molecule has 0 heterocycles. The van der Waals surface area contributed by atoms with E-state index in [1.54, 1.807) is 0 Å². The molecule has 0 amide bonds. The van der Waals surface area contributed by atoms with E-state index >= 15 is 0 Å². The SMILES string of the molecule is O=C([O-])C(=O)[O-].[Fe+2].[Na+]. The topological polar surface area (TPSA) is 80.3 Å². The zero-order valence-electron chi connectivity index (χ0n) is 3.99. The first kappa shape index (κ1) is 15.8. The second kappa shape index (κ2) is 7.46. The van der Waals surface area contributed by atoms with E-state index in [1.165, 1.54) is 0 Å². The van der Waals surface area contributed by atoms with Crippen molar-refractivity contribution < 1.29 is 66.4 Å². The molecule has 0 aromatic carbocycles. The summed E-state index contributed by atoms with van der Waals surface area (Å²) < 4.78 is 0. The van der Waals surface area contributed by atoms with Gasteiger partial charge in [-0.3, -0.25) is 0 Å². The molecule has 0 radical (unpaired) electrons. The van der Waals surface area contributed by atoms with Crippen LogP contribution in [0.5, 0.6) is 0 Å². The Bertz CT molecular complexity index is 80.0. The van der Waals surface area contributed by atoms with Crippen LogP contribution < -0.4 is 39.8 Å². The van der Waals surface area contributed by atoms with Crippen LogP contribution in [0.1, 0.15) is 0 Å². The number of rotatable bonds is 0. The Kier molecular flexibility index (Phi) is 14.7. The maximum atomic E-state index is 8.93. The van der Waals surface area contributed by atoms with Crippen molar-refractivity contribution in [2.75, 3.05) is 0 Å². The monoisotopic (exact) mass is 167 g/mol. The molecule has 0 spiro atoms. The van der Waals surface area contributed by atoms with Crippen molar-refractivity contribution in [3.63, 3.8) is 0 Å². The van der Waals surface area contributed by atoms with Crippen molar-refractivity contribution in [1.29, 1.82) is 0 Å². The average molecular weight is 167 g/mol. The minimum absolute atomic E-state index is 0.